The lowest BCUT2D eigenvalue weighted by molar-refractivity contribution is -0.117. The van der Waals surface area contributed by atoms with E-state index in [1.807, 2.05) is 24.4 Å². The van der Waals surface area contributed by atoms with Crippen molar-refractivity contribution in [3.05, 3.63) is 30.5 Å². The van der Waals surface area contributed by atoms with Crippen LogP contribution in [0.25, 0.3) is 22.2 Å². The number of hydrogen-bond donors (Lipinski definition) is 1. The van der Waals surface area contributed by atoms with Crippen LogP contribution in [0, 0.1) is 5.92 Å². The first-order chi connectivity index (χ1) is 15.0. The summed E-state index contributed by atoms with van der Waals surface area (Å²) < 4.78 is 16.1. The number of anilines is 2. The van der Waals surface area contributed by atoms with Crippen LogP contribution in [0.5, 0.6) is 5.75 Å². The zero-order valence-electron chi connectivity index (χ0n) is 17.9. The molecule has 1 aliphatic carbocycles. The zero-order valence-corrected chi connectivity index (χ0v) is 18.7. The predicted molar refractivity (Wildman–Crippen MR) is 123 cm³/mol. The van der Waals surface area contributed by atoms with Gasteiger partial charge in [-0.2, -0.15) is 4.37 Å². The number of rotatable bonds is 5. The minimum Gasteiger partial charge on any atom is -0.495 e. The highest BCUT2D eigenvalue weighted by atomic mass is 32.1. The summed E-state index contributed by atoms with van der Waals surface area (Å²) >= 11 is 1.49. The third-order valence-electron chi connectivity index (χ3n) is 5.75. The molecule has 1 amide bonds. The number of nitrogens with one attached hydrogen (secondary N) is 1. The monoisotopic (exact) mass is 438 g/mol. The molecule has 1 saturated carbocycles. The predicted octanol–water partition coefficient (Wildman–Crippen LogP) is 4.33. The maximum atomic E-state index is 12.1. The molecule has 1 aliphatic heterocycles. The Morgan fingerprint density at radius 1 is 1.19 bits per heavy atom. The number of pyridine rings is 1. The molecule has 1 aromatic carbocycles. The summed E-state index contributed by atoms with van der Waals surface area (Å²) in [5.41, 5.74) is 4.44. The molecule has 5 rings (SSSR count). The summed E-state index contributed by atoms with van der Waals surface area (Å²) in [6, 6.07) is 7.87. The van der Waals surface area contributed by atoms with Crippen molar-refractivity contribution in [1.29, 1.82) is 0 Å². The minimum absolute atomic E-state index is 0.0656. The third-order valence-corrected chi connectivity index (χ3v) is 6.66. The Balaban J connectivity index is 1.42. The number of ether oxygens (including phenoxy) is 2. The van der Waals surface area contributed by atoms with Crippen molar-refractivity contribution in [2.24, 2.45) is 5.92 Å². The van der Waals surface area contributed by atoms with E-state index in [9.17, 15) is 4.79 Å². The van der Waals surface area contributed by atoms with Crippen LogP contribution >= 0.6 is 11.5 Å². The summed E-state index contributed by atoms with van der Waals surface area (Å²) in [6.45, 7) is 5.88. The van der Waals surface area contributed by atoms with Gasteiger partial charge in [-0.25, -0.2) is 0 Å². The van der Waals surface area contributed by atoms with Crippen molar-refractivity contribution in [3.63, 3.8) is 0 Å². The maximum absolute atomic E-state index is 12.1. The first-order valence-corrected chi connectivity index (χ1v) is 11.4. The van der Waals surface area contributed by atoms with Gasteiger partial charge in [-0.05, 0) is 62.0 Å². The fourth-order valence-electron chi connectivity index (χ4n) is 4.09. The summed E-state index contributed by atoms with van der Waals surface area (Å²) in [6.07, 6.45) is 4.19. The molecule has 2 atom stereocenters. The number of fused-ring (bicyclic) bond motifs is 1. The maximum Gasteiger partial charge on any atom is 0.227 e. The van der Waals surface area contributed by atoms with Gasteiger partial charge in [-0.15, -0.1) is 0 Å². The van der Waals surface area contributed by atoms with Gasteiger partial charge in [-0.1, -0.05) is 6.07 Å². The molecule has 2 aromatic heterocycles. The fraction of sp³-hybridized carbons (Fsp3) is 0.435. The normalized spacial score (nSPS) is 21.3. The van der Waals surface area contributed by atoms with Crippen LogP contribution in [0.2, 0.25) is 0 Å². The number of nitrogens with zero attached hydrogens (tertiary/aromatic N) is 3. The Labute approximate surface area is 185 Å². The Hall–Kier alpha value is -2.71. The van der Waals surface area contributed by atoms with Crippen LogP contribution in [0.3, 0.4) is 0 Å². The molecule has 162 valence electrons. The average molecular weight is 439 g/mol. The fourth-order valence-corrected chi connectivity index (χ4v) is 4.92. The molecule has 8 heteroatoms. The van der Waals surface area contributed by atoms with Crippen molar-refractivity contribution >= 4 is 39.2 Å². The van der Waals surface area contributed by atoms with Crippen LogP contribution in [0.4, 0.5) is 10.7 Å². The summed E-state index contributed by atoms with van der Waals surface area (Å²) in [4.78, 5) is 19.2. The molecule has 7 nitrogen and oxygen atoms in total. The molecule has 3 heterocycles. The van der Waals surface area contributed by atoms with E-state index in [1.54, 1.807) is 7.11 Å². The Bertz CT molecular complexity index is 1120. The van der Waals surface area contributed by atoms with Crippen molar-refractivity contribution in [1.82, 2.24) is 9.36 Å². The molecule has 0 unspecified atom stereocenters. The molecule has 2 aliphatic rings. The van der Waals surface area contributed by atoms with Gasteiger partial charge in [0, 0.05) is 30.8 Å². The lowest BCUT2D eigenvalue weighted by Gasteiger charge is -2.35. The largest absolute Gasteiger partial charge is 0.495 e. The smallest absolute Gasteiger partial charge is 0.227 e. The zero-order chi connectivity index (χ0) is 21.5. The quantitative estimate of drug-likeness (QED) is 0.639. The number of carbonyl (C=O) groups excluding carboxylic acids is 1. The highest BCUT2D eigenvalue weighted by Crippen LogP contribution is 2.37. The van der Waals surface area contributed by atoms with Gasteiger partial charge in [0.2, 0.25) is 5.91 Å². The molecule has 2 fully saturated rings. The van der Waals surface area contributed by atoms with E-state index < -0.39 is 0 Å². The second kappa shape index (κ2) is 8.09. The Morgan fingerprint density at radius 2 is 1.97 bits per heavy atom. The van der Waals surface area contributed by atoms with Crippen LogP contribution in [-0.4, -0.2) is 47.7 Å². The van der Waals surface area contributed by atoms with Gasteiger partial charge in [0.05, 0.1) is 25.0 Å². The van der Waals surface area contributed by atoms with E-state index in [4.69, 9.17) is 14.5 Å². The van der Waals surface area contributed by atoms with E-state index >= 15 is 0 Å². The van der Waals surface area contributed by atoms with Crippen LogP contribution in [0.1, 0.15) is 26.7 Å². The number of carbonyl (C=O) groups is 1. The van der Waals surface area contributed by atoms with Crippen molar-refractivity contribution < 1.29 is 14.3 Å². The summed E-state index contributed by atoms with van der Waals surface area (Å²) in [5.74, 6) is 0.852. The molecule has 1 N–H and O–H groups in total. The van der Waals surface area contributed by atoms with E-state index in [2.05, 4.69) is 34.5 Å². The first-order valence-electron chi connectivity index (χ1n) is 10.7. The average Bonchev–Trinajstić information content (AvgIpc) is 3.52. The summed E-state index contributed by atoms with van der Waals surface area (Å²) in [7, 11) is 1.62. The molecule has 0 radical (unpaired) electrons. The minimum atomic E-state index is 0.0656. The van der Waals surface area contributed by atoms with Crippen molar-refractivity contribution in [2.45, 2.75) is 38.9 Å². The standard InChI is InChI=1S/C23H26N4O3S/c1-13-11-27(12-14(2)30-13)23-21-19(26-31-23)8-17(10-24-21)16-6-7-18(20(9-16)29-3)25-22(28)15-4-5-15/h6-10,13-15H,4-5,11-12H2,1-3H3,(H,25,28)/t13-,14+. The molecular formula is C23H26N4O3S. The number of benzene rings is 1. The lowest BCUT2D eigenvalue weighted by Crippen LogP contribution is -2.45. The van der Waals surface area contributed by atoms with Crippen molar-refractivity contribution in [2.75, 3.05) is 30.4 Å². The van der Waals surface area contributed by atoms with Crippen molar-refractivity contribution in [3.8, 4) is 16.9 Å². The Kier molecular flexibility index (Phi) is 5.27. The topological polar surface area (TPSA) is 76.6 Å². The molecule has 0 spiro atoms. The van der Waals surface area contributed by atoms with Gasteiger partial charge in [0.25, 0.3) is 0 Å². The van der Waals surface area contributed by atoms with Crippen LogP contribution < -0.4 is 15.0 Å². The number of morpholine rings is 1. The number of hydrogen-bond acceptors (Lipinski definition) is 7. The molecule has 1 saturated heterocycles. The first kappa shape index (κ1) is 20.2. The SMILES string of the molecule is COc1cc(-c2cnc3c(N4C[C@@H](C)O[C@@H](C)C4)snc3c2)ccc1NC(=O)C1CC1. The second-order valence-electron chi connectivity index (χ2n) is 8.42. The van der Waals surface area contributed by atoms with E-state index in [-0.39, 0.29) is 24.0 Å². The number of methoxy groups -OCH3 is 1. The van der Waals surface area contributed by atoms with E-state index in [1.165, 1.54) is 11.5 Å². The molecule has 31 heavy (non-hydrogen) atoms. The van der Waals surface area contributed by atoms with E-state index in [0.717, 1.165) is 53.1 Å². The summed E-state index contributed by atoms with van der Waals surface area (Å²) in [5, 5.41) is 4.07. The van der Waals surface area contributed by atoms with Gasteiger partial charge < -0.3 is 19.7 Å². The Morgan fingerprint density at radius 3 is 2.68 bits per heavy atom. The van der Waals surface area contributed by atoms with E-state index in [0.29, 0.717) is 11.4 Å². The highest BCUT2D eigenvalue weighted by molar-refractivity contribution is 7.11. The highest BCUT2D eigenvalue weighted by Gasteiger charge is 2.30. The molecular weight excluding hydrogens is 412 g/mol. The van der Waals surface area contributed by atoms with Crippen LogP contribution in [0.15, 0.2) is 30.5 Å². The van der Waals surface area contributed by atoms with Gasteiger partial charge in [-0.3, -0.25) is 9.78 Å². The third kappa shape index (κ3) is 4.09. The lowest BCUT2D eigenvalue weighted by atomic mass is 10.1. The molecule has 0 bridgehead atoms. The van der Waals surface area contributed by atoms with Gasteiger partial charge in [0.15, 0.2) is 0 Å². The number of aromatic nitrogens is 2. The second-order valence-corrected chi connectivity index (χ2v) is 9.17. The number of amides is 1. The molecule has 3 aromatic rings. The van der Waals surface area contributed by atoms with Crippen LogP contribution in [-0.2, 0) is 9.53 Å². The van der Waals surface area contributed by atoms with Gasteiger partial charge >= 0.3 is 0 Å². The van der Waals surface area contributed by atoms with Gasteiger partial charge in [0.1, 0.15) is 21.8 Å².